The van der Waals surface area contributed by atoms with E-state index in [1.54, 1.807) is 36.3 Å². The van der Waals surface area contributed by atoms with Gasteiger partial charge in [0.2, 0.25) is 0 Å². The minimum Gasteiger partial charge on any atom is -0.283 e. The van der Waals surface area contributed by atoms with Crippen LogP contribution in [0.15, 0.2) is 53.7 Å². The fraction of sp³-hybridized carbons (Fsp3) is 0.133. The van der Waals surface area contributed by atoms with Crippen LogP contribution in [0.3, 0.4) is 0 Å². The summed E-state index contributed by atoms with van der Waals surface area (Å²) in [4.78, 5) is 6.46. The molecule has 0 bridgehead atoms. The Morgan fingerprint density at radius 2 is 1.90 bits per heavy atom. The van der Waals surface area contributed by atoms with Crippen LogP contribution in [0.25, 0.3) is 0 Å². The quantitative estimate of drug-likeness (QED) is 0.308. The Hall–Kier alpha value is -2.32. The van der Waals surface area contributed by atoms with E-state index in [4.69, 9.17) is 5.41 Å². The highest BCUT2D eigenvalue weighted by atomic mass is 32.2. The minimum atomic E-state index is 0.184. The van der Waals surface area contributed by atoms with Crippen LogP contribution in [0, 0.1) is 16.9 Å². The molecule has 100 valence electrons. The first-order chi connectivity index (χ1) is 9.74. The van der Waals surface area contributed by atoms with E-state index in [9.17, 15) is 5.26 Å². The maximum absolute atomic E-state index is 9.24. The number of aromatic nitrogens is 1. The van der Waals surface area contributed by atoms with E-state index in [2.05, 4.69) is 11.2 Å². The molecular formula is C15H14N4S. The van der Waals surface area contributed by atoms with Crippen molar-refractivity contribution in [3.8, 4) is 6.19 Å². The summed E-state index contributed by atoms with van der Waals surface area (Å²) in [6, 6.07) is 11.5. The summed E-state index contributed by atoms with van der Waals surface area (Å²) in [6.07, 6.45) is 7.32. The summed E-state index contributed by atoms with van der Waals surface area (Å²) in [5.74, 6) is 0.184. The predicted molar refractivity (Wildman–Crippen MR) is 80.4 cm³/mol. The first-order valence-electron chi connectivity index (χ1n) is 6.03. The molecule has 0 atom stereocenters. The van der Waals surface area contributed by atoms with Crippen molar-refractivity contribution in [3.63, 3.8) is 0 Å². The Kier molecular flexibility index (Phi) is 4.75. The van der Waals surface area contributed by atoms with Gasteiger partial charge in [0.1, 0.15) is 5.84 Å². The Balaban J connectivity index is 2.13. The fourth-order valence-corrected chi connectivity index (χ4v) is 2.15. The minimum absolute atomic E-state index is 0.184. The lowest BCUT2D eigenvalue weighted by molar-refractivity contribution is 0.568. The summed E-state index contributed by atoms with van der Waals surface area (Å²) in [7, 11) is 0. The molecular weight excluding hydrogens is 268 g/mol. The van der Waals surface area contributed by atoms with Gasteiger partial charge in [0.25, 0.3) is 0 Å². The van der Waals surface area contributed by atoms with Crippen molar-refractivity contribution in [1.29, 1.82) is 10.7 Å². The van der Waals surface area contributed by atoms with E-state index in [0.29, 0.717) is 12.1 Å². The Labute approximate surface area is 122 Å². The zero-order valence-corrected chi connectivity index (χ0v) is 11.9. The van der Waals surface area contributed by atoms with Gasteiger partial charge in [-0.2, -0.15) is 5.26 Å². The smallest absolute Gasteiger partial charge is 0.185 e. The molecule has 2 rings (SSSR count). The number of nitriles is 1. The topological polar surface area (TPSA) is 63.8 Å². The van der Waals surface area contributed by atoms with Gasteiger partial charge >= 0.3 is 0 Å². The van der Waals surface area contributed by atoms with Crippen LogP contribution in [0.4, 0.5) is 0 Å². The molecule has 20 heavy (non-hydrogen) atoms. The highest BCUT2D eigenvalue weighted by Crippen LogP contribution is 2.16. The molecule has 1 aromatic heterocycles. The largest absolute Gasteiger partial charge is 0.283 e. The molecule has 0 aliphatic rings. The Morgan fingerprint density at radius 3 is 2.45 bits per heavy atom. The molecule has 0 saturated heterocycles. The molecule has 0 amide bonds. The lowest BCUT2D eigenvalue weighted by Gasteiger charge is -2.16. The molecule has 0 saturated carbocycles. The molecule has 0 aliphatic heterocycles. The number of pyridine rings is 1. The summed E-state index contributed by atoms with van der Waals surface area (Å²) in [6.45, 7) is 0.395. The second-order valence-electron chi connectivity index (χ2n) is 4.12. The number of benzene rings is 1. The summed E-state index contributed by atoms with van der Waals surface area (Å²) < 4.78 is 0. The lowest BCUT2D eigenvalue weighted by Crippen LogP contribution is -2.25. The van der Waals surface area contributed by atoms with Gasteiger partial charge in [-0.1, -0.05) is 12.1 Å². The maximum atomic E-state index is 9.24. The molecule has 0 fully saturated rings. The standard InChI is InChI=1S/C15H14N4S/c1-20-14-4-2-12(3-5-14)10-19(11-16)15(17)13-6-8-18-9-7-13/h2-9,17H,10H2,1H3. The van der Waals surface area contributed by atoms with Gasteiger partial charge in [-0.05, 0) is 36.1 Å². The van der Waals surface area contributed by atoms with E-state index in [0.717, 1.165) is 5.56 Å². The Bertz CT molecular complexity index is 617. The third kappa shape index (κ3) is 3.37. The third-order valence-electron chi connectivity index (χ3n) is 2.84. The van der Waals surface area contributed by atoms with Gasteiger partial charge in [-0.3, -0.25) is 15.3 Å². The second kappa shape index (κ2) is 6.73. The van der Waals surface area contributed by atoms with Gasteiger partial charge in [-0.25, -0.2) is 0 Å². The predicted octanol–water partition coefficient (Wildman–Crippen LogP) is 3.11. The van der Waals surface area contributed by atoms with Crippen molar-refractivity contribution in [1.82, 2.24) is 9.88 Å². The summed E-state index contributed by atoms with van der Waals surface area (Å²) >= 11 is 1.68. The highest BCUT2D eigenvalue weighted by molar-refractivity contribution is 7.98. The van der Waals surface area contributed by atoms with Gasteiger partial charge < -0.3 is 0 Å². The molecule has 1 aromatic carbocycles. The average molecular weight is 282 g/mol. The van der Waals surface area contributed by atoms with Crippen LogP contribution >= 0.6 is 11.8 Å². The zero-order chi connectivity index (χ0) is 14.4. The summed E-state index contributed by atoms with van der Waals surface area (Å²) in [5, 5.41) is 17.3. The molecule has 0 aliphatic carbocycles. The maximum Gasteiger partial charge on any atom is 0.185 e. The highest BCUT2D eigenvalue weighted by Gasteiger charge is 2.11. The van der Waals surface area contributed by atoms with E-state index >= 15 is 0 Å². The lowest BCUT2D eigenvalue weighted by atomic mass is 10.2. The monoisotopic (exact) mass is 282 g/mol. The Morgan fingerprint density at radius 1 is 1.25 bits per heavy atom. The van der Waals surface area contributed by atoms with E-state index in [1.165, 1.54) is 9.80 Å². The zero-order valence-electron chi connectivity index (χ0n) is 11.1. The first kappa shape index (κ1) is 14.1. The van der Waals surface area contributed by atoms with Crippen LogP contribution in [-0.4, -0.2) is 22.0 Å². The number of amidine groups is 1. The van der Waals surface area contributed by atoms with Crippen molar-refractivity contribution < 1.29 is 0 Å². The number of nitrogens with zero attached hydrogens (tertiary/aromatic N) is 3. The molecule has 2 aromatic rings. The number of rotatable bonds is 4. The molecule has 0 spiro atoms. The van der Waals surface area contributed by atoms with Crippen molar-refractivity contribution in [3.05, 3.63) is 59.9 Å². The van der Waals surface area contributed by atoms with Crippen LogP contribution in [-0.2, 0) is 6.54 Å². The van der Waals surface area contributed by atoms with Crippen LogP contribution in [0.5, 0.6) is 0 Å². The fourth-order valence-electron chi connectivity index (χ4n) is 1.74. The SMILES string of the molecule is CSc1ccc(CN(C#N)C(=N)c2ccncc2)cc1. The van der Waals surface area contributed by atoms with E-state index in [-0.39, 0.29) is 5.84 Å². The molecule has 0 radical (unpaired) electrons. The number of hydrogen-bond acceptors (Lipinski definition) is 4. The number of hydrogen-bond donors (Lipinski definition) is 1. The van der Waals surface area contributed by atoms with Crippen LogP contribution in [0.2, 0.25) is 0 Å². The second-order valence-corrected chi connectivity index (χ2v) is 5.00. The van der Waals surface area contributed by atoms with Gasteiger partial charge in [0.15, 0.2) is 6.19 Å². The summed E-state index contributed by atoms with van der Waals surface area (Å²) in [5.41, 5.74) is 1.69. The van der Waals surface area contributed by atoms with E-state index < -0.39 is 0 Å². The third-order valence-corrected chi connectivity index (χ3v) is 3.59. The van der Waals surface area contributed by atoms with Gasteiger partial charge in [0, 0.05) is 22.9 Å². The number of thioether (sulfide) groups is 1. The first-order valence-corrected chi connectivity index (χ1v) is 7.26. The van der Waals surface area contributed by atoms with Crippen LogP contribution in [0.1, 0.15) is 11.1 Å². The molecule has 4 nitrogen and oxygen atoms in total. The van der Waals surface area contributed by atoms with Crippen molar-refractivity contribution in [2.24, 2.45) is 0 Å². The normalized spacial score (nSPS) is 9.80. The van der Waals surface area contributed by atoms with Crippen LogP contribution < -0.4 is 0 Å². The molecule has 1 heterocycles. The average Bonchev–Trinajstić information content (AvgIpc) is 2.53. The molecule has 5 heteroatoms. The van der Waals surface area contributed by atoms with E-state index in [1.807, 2.05) is 30.5 Å². The molecule has 1 N–H and O–H groups in total. The number of nitrogens with one attached hydrogen (secondary N) is 1. The van der Waals surface area contributed by atoms with Gasteiger partial charge in [-0.15, -0.1) is 11.8 Å². The van der Waals surface area contributed by atoms with Crippen molar-refractivity contribution in [2.75, 3.05) is 6.26 Å². The van der Waals surface area contributed by atoms with Crippen molar-refractivity contribution in [2.45, 2.75) is 11.4 Å². The molecule has 0 unspecified atom stereocenters. The van der Waals surface area contributed by atoms with Gasteiger partial charge in [0.05, 0.1) is 6.54 Å². The van der Waals surface area contributed by atoms with Crippen molar-refractivity contribution >= 4 is 17.6 Å².